The maximum absolute atomic E-state index is 11.4. The van der Waals surface area contributed by atoms with E-state index in [2.05, 4.69) is 0 Å². The lowest BCUT2D eigenvalue weighted by atomic mass is 10.1. The zero-order chi connectivity index (χ0) is 9.68. The first-order chi connectivity index (χ1) is 6.24. The van der Waals surface area contributed by atoms with Crippen molar-refractivity contribution < 1.29 is 9.59 Å². The lowest BCUT2D eigenvalue weighted by Gasteiger charge is -1.95. The summed E-state index contributed by atoms with van der Waals surface area (Å²) < 4.78 is 0. The van der Waals surface area contributed by atoms with Crippen LogP contribution in [0.2, 0.25) is 0 Å². The minimum absolute atomic E-state index is 0.0425. The third-order valence-electron chi connectivity index (χ3n) is 1.68. The number of hydrogen-bond acceptors (Lipinski definition) is 3. The Labute approximate surface area is 81.6 Å². The van der Waals surface area contributed by atoms with Gasteiger partial charge in [0.15, 0.2) is 5.78 Å². The largest absolute Gasteiger partial charge is 0.299 e. The van der Waals surface area contributed by atoms with Crippen LogP contribution in [-0.4, -0.2) is 11.6 Å². The van der Waals surface area contributed by atoms with Gasteiger partial charge in [0.1, 0.15) is 5.78 Å². The molecule has 0 radical (unpaired) electrons. The maximum Gasteiger partial charge on any atom is 0.180 e. The topological polar surface area (TPSA) is 34.1 Å². The summed E-state index contributed by atoms with van der Waals surface area (Å²) >= 11 is 1.39. The molecule has 0 fully saturated rings. The van der Waals surface area contributed by atoms with Crippen LogP contribution in [0.25, 0.3) is 0 Å². The monoisotopic (exact) mass is 196 g/mol. The molecule has 2 nitrogen and oxygen atoms in total. The Morgan fingerprint density at radius 3 is 2.77 bits per heavy atom. The zero-order valence-corrected chi connectivity index (χ0v) is 8.39. The molecule has 3 heteroatoms. The van der Waals surface area contributed by atoms with E-state index in [0.717, 1.165) is 6.42 Å². The molecular formula is C10H12O2S. The van der Waals surface area contributed by atoms with E-state index in [0.29, 0.717) is 11.3 Å². The van der Waals surface area contributed by atoms with E-state index >= 15 is 0 Å². The molecule has 0 aliphatic heterocycles. The number of rotatable bonds is 5. The second kappa shape index (κ2) is 4.92. The molecule has 0 saturated heterocycles. The van der Waals surface area contributed by atoms with Crippen LogP contribution in [0.5, 0.6) is 0 Å². The van der Waals surface area contributed by atoms with Gasteiger partial charge in [0.05, 0.1) is 11.3 Å². The van der Waals surface area contributed by atoms with Gasteiger partial charge in [-0.05, 0) is 17.9 Å². The van der Waals surface area contributed by atoms with Gasteiger partial charge in [-0.2, -0.15) is 0 Å². The van der Waals surface area contributed by atoms with Crippen molar-refractivity contribution in [2.24, 2.45) is 0 Å². The normalized spacial score (nSPS) is 9.92. The molecule has 0 aromatic carbocycles. The summed E-state index contributed by atoms with van der Waals surface area (Å²) in [5.41, 5.74) is 0. The summed E-state index contributed by atoms with van der Waals surface area (Å²) in [5, 5.41) is 1.84. The fourth-order valence-corrected chi connectivity index (χ4v) is 1.74. The molecule has 0 N–H and O–H groups in total. The highest BCUT2D eigenvalue weighted by Gasteiger charge is 2.11. The number of thiophene rings is 1. The molecule has 0 saturated carbocycles. The smallest absolute Gasteiger partial charge is 0.180 e. The van der Waals surface area contributed by atoms with Gasteiger partial charge in [-0.1, -0.05) is 13.0 Å². The number of carbonyl (C=O) groups is 2. The molecule has 1 aromatic rings. The first-order valence-electron chi connectivity index (χ1n) is 4.32. The van der Waals surface area contributed by atoms with Crippen LogP contribution in [0.1, 0.15) is 35.9 Å². The molecule has 0 aliphatic rings. The second-order valence-electron chi connectivity index (χ2n) is 2.87. The van der Waals surface area contributed by atoms with Crippen molar-refractivity contribution in [3.63, 3.8) is 0 Å². The number of carbonyl (C=O) groups excluding carboxylic acids is 2. The average molecular weight is 196 g/mol. The Morgan fingerprint density at radius 2 is 2.23 bits per heavy atom. The summed E-state index contributed by atoms with van der Waals surface area (Å²) in [7, 11) is 0. The van der Waals surface area contributed by atoms with Crippen LogP contribution < -0.4 is 0 Å². The summed E-state index contributed by atoms with van der Waals surface area (Å²) in [4.78, 5) is 23.2. The first-order valence-corrected chi connectivity index (χ1v) is 5.20. The molecule has 0 unspecified atom stereocenters. The van der Waals surface area contributed by atoms with Gasteiger partial charge in [-0.25, -0.2) is 0 Å². The fourth-order valence-electron chi connectivity index (χ4n) is 1.07. The quantitative estimate of drug-likeness (QED) is 0.536. The Morgan fingerprint density at radius 1 is 1.46 bits per heavy atom. The van der Waals surface area contributed by atoms with Crippen molar-refractivity contribution in [2.45, 2.75) is 26.2 Å². The highest BCUT2D eigenvalue weighted by atomic mass is 32.1. The van der Waals surface area contributed by atoms with E-state index in [1.165, 1.54) is 11.3 Å². The average Bonchev–Trinajstić information content (AvgIpc) is 2.55. The Bertz CT molecular complexity index is 288. The summed E-state index contributed by atoms with van der Waals surface area (Å²) in [6, 6.07) is 3.58. The number of Topliss-reactive ketones (excluding diaryl/α,β-unsaturated/α-hetero) is 2. The molecule has 0 aliphatic carbocycles. The van der Waals surface area contributed by atoms with Crippen LogP contribution in [0.4, 0.5) is 0 Å². The highest BCUT2D eigenvalue weighted by Crippen LogP contribution is 2.12. The Balaban J connectivity index is 2.47. The lowest BCUT2D eigenvalue weighted by Crippen LogP contribution is -2.06. The van der Waals surface area contributed by atoms with Gasteiger partial charge in [-0.3, -0.25) is 9.59 Å². The van der Waals surface area contributed by atoms with Gasteiger partial charge in [-0.15, -0.1) is 11.3 Å². The molecule has 1 aromatic heterocycles. The SMILES string of the molecule is CCCC(=O)CC(=O)c1cccs1. The minimum atomic E-state index is -0.0477. The van der Waals surface area contributed by atoms with Gasteiger partial charge in [0, 0.05) is 6.42 Å². The summed E-state index contributed by atoms with van der Waals surface area (Å²) in [5.74, 6) is -0.00523. The van der Waals surface area contributed by atoms with Crippen molar-refractivity contribution in [1.82, 2.24) is 0 Å². The Kier molecular flexibility index (Phi) is 3.83. The van der Waals surface area contributed by atoms with Crippen LogP contribution in [0.3, 0.4) is 0 Å². The minimum Gasteiger partial charge on any atom is -0.299 e. The summed E-state index contributed by atoms with van der Waals surface area (Å²) in [6.07, 6.45) is 1.39. The van der Waals surface area contributed by atoms with Crippen LogP contribution in [0, 0.1) is 0 Å². The number of ketones is 2. The van der Waals surface area contributed by atoms with Crippen molar-refractivity contribution in [2.75, 3.05) is 0 Å². The standard InChI is InChI=1S/C10H12O2S/c1-2-4-8(11)7-9(12)10-5-3-6-13-10/h3,5-6H,2,4,7H2,1H3. The zero-order valence-electron chi connectivity index (χ0n) is 7.58. The van der Waals surface area contributed by atoms with Gasteiger partial charge < -0.3 is 0 Å². The van der Waals surface area contributed by atoms with Gasteiger partial charge in [0.25, 0.3) is 0 Å². The summed E-state index contributed by atoms with van der Waals surface area (Å²) in [6.45, 7) is 1.94. The second-order valence-corrected chi connectivity index (χ2v) is 3.81. The van der Waals surface area contributed by atoms with Crippen LogP contribution in [0.15, 0.2) is 17.5 Å². The first kappa shape index (κ1) is 10.1. The van der Waals surface area contributed by atoms with Crippen molar-refractivity contribution in [3.05, 3.63) is 22.4 Å². The molecule has 1 rings (SSSR count). The van der Waals surface area contributed by atoms with Crippen LogP contribution in [-0.2, 0) is 4.79 Å². The van der Waals surface area contributed by atoms with Crippen molar-refractivity contribution in [1.29, 1.82) is 0 Å². The third kappa shape index (κ3) is 3.11. The molecule has 0 bridgehead atoms. The molecule has 0 amide bonds. The van der Waals surface area contributed by atoms with Crippen molar-refractivity contribution >= 4 is 22.9 Å². The molecule has 0 spiro atoms. The predicted molar refractivity (Wildman–Crippen MR) is 53.2 cm³/mol. The molecule has 13 heavy (non-hydrogen) atoms. The maximum atomic E-state index is 11.4. The van der Waals surface area contributed by atoms with Crippen molar-refractivity contribution in [3.8, 4) is 0 Å². The predicted octanol–water partition coefficient (Wildman–Crippen LogP) is 2.69. The molecule has 70 valence electrons. The number of hydrogen-bond donors (Lipinski definition) is 0. The van der Waals surface area contributed by atoms with E-state index < -0.39 is 0 Å². The van der Waals surface area contributed by atoms with E-state index in [1.54, 1.807) is 6.07 Å². The molecule has 0 atom stereocenters. The fraction of sp³-hybridized carbons (Fsp3) is 0.400. The van der Waals surface area contributed by atoms with E-state index in [4.69, 9.17) is 0 Å². The third-order valence-corrected chi connectivity index (χ3v) is 2.59. The van der Waals surface area contributed by atoms with Gasteiger partial charge >= 0.3 is 0 Å². The molecular weight excluding hydrogens is 184 g/mol. The lowest BCUT2D eigenvalue weighted by molar-refractivity contribution is -0.118. The van der Waals surface area contributed by atoms with E-state index in [1.807, 2.05) is 18.4 Å². The van der Waals surface area contributed by atoms with E-state index in [9.17, 15) is 9.59 Å². The van der Waals surface area contributed by atoms with E-state index in [-0.39, 0.29) is 18.0 Å². The van der Waals surface area contributed by atoms with Gasteiger partial charge in [0.2, 0.25) is 0 Å². The Hall–Kier alpha value is -0.960. The van der Waals surface area contributed by atoms with Crippen LogP contribution >= 0.6 is 11.3 Å². The highest BCUT2D eigenvalue weighted by molar-refractivity contribution is 7.12. The molecule has 1 heterocycles.